The fourth-order valence-electron chi connectivity index (χ4n) is 2.13. The minimum Gasteiger partial charge on any atom is -0.508 e. The molecule has 0 saturated carbocycles. The van der Waals surface area contributed by atoms with Gasteiger partial charge >= 0.3 is 0 Å². The van der Waals surface area contributed by atoms with E-state index < -0.39 is 0 Å². The molecule has 0 aromatic heterocycles. The molecule has 2 heteroatoms. The average molecular weight is 191 g/mol. The topological polar surface area (TPSA) is 32.3 Å². The predicted octanol–water partition coefficient (Wildman–Crippen LogP) is 2.17. The smallest absolute Gasteiger partial charge is 0.119 e. The molecule has 76 valence electrons. The molecule has 1 aliphatic heterocycles. The highest BCUT2D eigenvalue weighted by molar-refractivity contribution is 5.38. The molecule has 0 atom stereocenters. The number of rotatable bonds is 1. The molecule has 1 heterocycles. The van der Waals surface area contributed by atoms with E-state index in [-0.39, 0.29) is 0 Å². The normalized spacial score (nSPS) is 18.4. The van der Waals surface area contributed by atoms with Crippen molar-refractivity contribution in [1.82, 2.24) is 5.32 Å². The van der Waals surface area contributed by atoms with Crippen molar-refractivity contribution in [3.63, 3.8) is 0 Å². The van der Waals surface area contributed by atoms with Crippen LogP contribution in [0.3, 0.4) is 0 Å². The van der Waals surface area contributed by atoms with Crippen LogP contribution in [0.1, 0.15) is 29.9 Å². The van der Waals surface area contributed by atoms with Crippen LogP contribution in [0.4, 0.5) is 0 Å². The molecule has 1 aromatic rings. The van der Waals surface area contributed by atoms with Crippen molar-refractivity contribution in [3.05, 3.63) is 29.3 Å². The third kappa shape index (κ3) is 1.90. The van der Waals surface area contributed by atoms with Crippen LogP contribution < -0.4 is 5.32 Å². The first-order chi connectivity index (χ1) is 6.77. The second-order valence-electron chi connectivity index (χ2n) is 4.09. The highest BCUT2D eigenvalue weighted by Gasteiger charge is 2.17. The van der Waals surface area contributed by atoms with Crippen LogP contribution in [0.25, 0.3) is 0 Å². The number of phenolic OH excluding ortho intramolecular Hbond substituents is 1. The Morgan fingerprint density at radius 3 is 2.71 bits per heavy atom. The van der Waals surface area contributed by atoms with Crippen molar-refractivity contribution in [2.24, 2.45) is 0 Å². The average Bonchev–Trinajstić information content (AvgIpc) is 2.23. The van der Waals surface area contributed by atoms with Gasteiger partial charge in [-0.1, -0.05) is 17.7 Å². The van der Waals surface area contributed by atoms with Gasteiger partial charge in [-0.15, -0.1) is 0 Å². The molecule has 1 fully saturated rings. The Hall–Kier alpha value is -1.02. The highest BCUT2D eigenvalue weighted by atomic mass is 16.3. The second-order valence-corrected chi connectivity index (χ2v) is 4.09. The number of aromatic hydroxyl groups is 1. The summed E-state index contributed by atoms with van der Waals surface area (Å²) < 4.78 is 0. The first-order valence-electron chi connectivity index (χ1n) is 5.27. The lowest BCUT2D eigenvalue weighted by Crippen LogP contribution is -2.26. The Balaban J connectivity index is 2.24. The Morgan fingerprint density at radius 1 is 1.29 bits per heavy atom. The second kappa shape index (κ2) is 4.01. The monoisotopic (exact) mass is 191 g/mol. The maximum Gasteiger partial charge on any atom is 0.119 e. The van der Waals surface area contributed by atoms with Crippen LogP contribution in [0.15, 0.2) is 18.2 Å². The minimum atomic E-state index is 0.461. The molecular weight excluding hydrogens is 174 g/mol. The molecule has 0 unspecified atom stereocenters. The molecule has 0 aliphatic carbocycles. The summed E-state index contributed by atoms with van der Waals surface area (Å²) in [4.78, 5) is 0. The van der Waals surface area contributed by atoms with Crippen molar-refractivity contribution in [3.8, 4) is 5.75 Å². The Morgan fingerprint density at radius 2 is 2.00 bits per heavy atom. The van der Waals surface area contributed by atoms with Crippen molar-refractivity contribution >= 4 is 0 Å². The van der Waals surface area contributed by atoms with Gasteiger partial charge in [-0.2, -0.15) is 0 Å². The predicted molar refractivity (Wildman–Crippen MR) is 57.7 cm³/mol. The van der Waals surface area contributed by atoms with E-state index in [9.17, 15) is 5.11 Å². The van der Waals surface area contributed by atoms with Crippen LogP contribution in [0, 0.1) is 6.92 Å². The van der Waals surface area contributed by atoms with Crippen molar-refractivity contribution in [2.45, 2.75) is 25.7 Å². The van der Waals surface area contributed by atoms with Crippen LogP contribution in [-0.2, 0) is 0 Å². The summed E-state index contributed by atoms with van der Waals surface area (Å²) in [5.74, 6) is 0.999. The van der Waals surface area contributed by atoms with Crippen molar-refractivity contribution in [1.29, 1.82) is 0 Å². The number of hydrogen-bond acceptors (Lipinski definition) is 2. The lowest BCUT2D eigenvalue weighted by molar-refractivity contribution is 0.424. The van der Waals surface area contributed by atoms with Crippen LogP contribution in [0.5, 0.6) is 5.75 Å². The van der Waals surface area contributed by atoms with Crippen molar-refractivity contribution in [2.75, 3.05) is 13.1 Å². The highest BCUT2D eigenvalue weighted by Crippen LogP contribution is 2.32. The van der Waals surface area contributed by atoms with E-state index in [1.165, 1.54) is 5.56 Å². The standard InChI is InChI=1S/C12H17NO/c1-9-2-3-12(14)11(8-9)10-4-6-13-7-5-10/h2-3,8,10,13-14H,4-7H2,1H3. The minimum absolute atomic E-state index is 0.461. The van der Waals surface area contributed by atoms with Gasteiger partial charge in [0.1, 0.15) is 5.75 Å². The van der Waals surface area contributed by atoms with E-state index in [1.54, 1.807) is 0 Å². The van der Waals surface area contributed by atoms with E-state index in [4.69, 9.17) is 0 Å². The number of aryl methyl sites for hydroxylation is 1. The van der Waals surface area contributed by atoms with Crippen LogP contribution in [-0.4, -0.2) is 18.2 Å². The number of piperidine rings is 1. The molecular formula is C12H17NO. The van der Waals surface area contributed by atoms with E-state index in [0.29, 0.717) is 11.7 Å². The number of benzene rings is 1. The van der Waals surface area contributed by atoms with Crippen molar-refractivity contribution < 1.29 is 5.11 Å². The molecule has 14 heavy (non-hydrogen) atoms. The molecule has 0 amide bonds. The summed E-state index contributed by atoms with van der Waals surface area (Å²) in [7, 11) is 0. The van der Waals surface area contributed by atoms with Gasteiger partial charge in [0.25, 0.3) is 0 Å². The summed E-state index contributed by atoms with van der Waals surface area (Å²) in [6.07, 6.45) is 2.27. The van der Waals surface area contributed by atoms with E-state index in [0.717, 1.165) is 31.5 Å². The quantitative estimate of drug-likeness (QED) is 0.713. The fraction of sp³-hybridized carbons (Fsp3) is 0.500. The van der Waals surface area contributed by atoms with Gasteiger partial charge in [0.05, 0.1) is 0 Å². The first-order valence-corrected chi connectivity index (χ1v) is 5.27. The van der Waals surface area contributed by atoms with E-state index in [1.807, 2.05) is 12.1 Å². The first kappa shape index (κ1) is 9.53. The number of phenols is 1. The third-order valence-corrected chi connectivity index (χ3v) is 2.96. The fourth-order valence-corrected chi connectivity index (χ4v) is 2.13. The maximum absolute atomic E-state index is 9.77. The molecule has 0 radical (unpaired) electrons. The zero-order valence-electron chi connectivity index (χ0n) is 8.59. The Labute approximate surface area is 85.0 Å². The van der Waals surface area contributed by atoms with Gasteiger partial charge in [0.15, 0.2) is 0 Å². The molecule has 1 aromatic carbocycles. The lowest BCUT2D eigenvalue weighted by Gasteiger charge is -2.23. The zero-order valence-corrected chi connectivity index (χ0v) is 8.59. The summed E-state index contributed by atoms with van der Waals surface area (Å²) in [5.41, 5.74) is 2.36. The van der Waals surface area contributed by atoms with Gasteiger partial charge in [0, 0.05) is 0 Å². The van der Waals surface area contributed by atoms with Gasteiger partial charge in [-0.05, 0) is 50.4 Å². The molecule has 0 spiro atoms. The number of nitrogens with one attached hydrogen (secondary N) is 1. The van der Waals surface area contributed by atoms with Gasteiger partial charge in [0.2, 0.25) is 0 Å². The molecule has 0 bridgehead atoms. The maximum atomic E-state index is 9.77. The van der Waals surface area contributed by atoms with E-state index >= 15 is 0 Å². The summed E-state index contributed by atoms with van der Waals surface area (Å²) in [6.45, 7) is 4.21. The van der Waals surface area contributed by atoms with E-state index in [2.05, 4.69) is 18.3 Å². The summed E-state index contributed by atoms with van der Waals surface area (Å²) in [5, 5.41) is 13.1. The SMILES string of the molecule is Cc1ccc(O)c(C2CCNCC2)c1. The summed E-state index contributed by atoms with van der Waals surface area (Å²) >= 11 is 0. The van der Waals surface area contributed by atoms with Gasteiger partial charge in [-0.3, -0.25) is 0 Å². The lowest BCUT2D eigenvalue weighted by atomic mass is 9.89. The zero-order chi connectivity index (χ0) is 9.97. The molecule has 2 nitrogen and oxygen atoms in total. The molecule has 2 rings (SSSR count). The Bertz CT molecular complexity index is 316. The third-order valence-electron chi connectivity index (χ3n) is 2.96. The van der Waals surface area contributed by atoms with Crippen LogP contribution in [0.2, 0.25) is 0 Å². The molecule has 2 N–H and O–H groups in total. The number of hydrogen-bond donors (Lipinski definition) is 2. The Kier molecular flexibility index (Phi) is 2.73. The van der Waals surface area contributed by atoms with Crippen LogP contribution >= 0.6 is 0 Å². The van der Waals surface area contributed by atoms with Gasteiger partial charge < -0.3 is 10.4 Å². The summed E-state index contributed by atoms with van der Waals surface area (Å²) in [6, 6.07) is 5.89. The molecule has 1 aliphatic rings. The largest absolute Gasteiger partial charge is 0.508 e. The van der Waals surface area contributed by atoms with Gasteiger partial charge in [-0.25, -0.2) is 0 Å². The molecule has 1 saturated heterocycles.